The maximum absolute atomic E-state index is 13.1. The predicted molar refractivity (Wildman–Crippen MR) is 86.0 cm³/mol. The largest absolute Gasteiger partial charge is 0.491 e. The van der Waals surface area contributed by atoms with Crippen molar-refractivity contribution in [3.05, 3.63) is 29.8 Å². The van der Waals surface area contributed by atoms with Crippen LogP contribution in [0.25, 0.3) is 0 Å². The Balaban J connectivity index is 2.28. The first-order valence-corrected chi connectivity index (χ1v) is 7.95. The molecule has 0 unspecified atom stereocenters. The second kappa shape index (κ2) is 6.61. The van der Waals surface area contributed by atoms with Crippen LogP contribution in [0.4, 0.5) is 0 Å². The highest BCUT2D eigenvalue weighted by atomic mass is 16.5. The maximum Gasteiger partial charge on any atom is 0.183 e. The van der Waals surface area contributed by atoms with Gasteiger partial charge in [0.1, 0.15) is 5.75 Å². The number of carbonyl (C=O) groups excluding carboxylic acids is 1. The molecule has 0 saturated heterocycles. The number of likely N-dealkylation sites (N-methyl/N-ethyl adjacent to an activating group) is 1. The van der Waals surface area contributed by atoms with E-state index in [9.17, 15) is 4.79 Å². The molecule has 0 heterocycles. The summed E-state index contributed by atoms with van der Waals surface area (Å²) in [5.74, 6) is 1.02. The van der Waals surface area contributed by atoms with E-state index in [2.05, 4.69) is 4.90 Å². The van der Waals surface area contributed by atoms with Crippen molar-refractivity contribution in [1.29, 1.82) is 0 Å². The third-order valence-electron chi connectivity index (χ3n) is 4.43. The summed E-state index contributed by atoms with van der Waals surface area (Å²) < 4.78 is 5.72. The molecule has 1 aliphatic rings. The number of Topliss-reactive ketones (excluding diaryl/α,β-unsaturated/α-hetero) is 1. The number of hydrogen-bond donors (Lipinski definition) is 0. The molecule has 0 N–H and O–H groups in total. The van der Waals surface area contributed by atoms with Crippen LogP contribution in [0, 0.1) is 0 Å². The fraction of sp³-hybridized carbons (Fsp3) is 0.611. The zero-order valence-corrected chi connectivity index (χ0v) is 13.7. The van der Waals surface area contributed by atoms with Crippen LogP contribution in [-0.4, -0.2) is 36.4 Å². The molecule has 21 heavy (non-hydrogen) atoms. The molecule has 0 radical (unpaired) electrons. The van der Waals surface area contributed by atoms with Gasteiger partial charge in [-0.05, 0) is 52.9 Å². The van der Waals surface area contributed by atoms with Gasteiger partial charge in [0.05, 0.1) is 11.6 Å². The molecule has 116 valence electrons. The van der Waals surface area contributed by atoms with Gasteiger partial charge in [-0.1, -0.05) is 31.4 Å². The highest BCUT2D eigenvalue weighted by Gasteiger charge is 2.41. The Morgan fingerprint density at radius 3 is 2.43 bits per heavy atom. The molecular formula is C18H27NO2. The van der Waals surface area contributed by atoms with Gasteiger partial charge < -0.3 is 4.74 Å². The first-order chi connectivity index (χ1) is 9.95. The van der Waals surface area contributed by atoms with E-state index in [0.717, 1.165) is 37.0 Å². The molecule has 0 aromatic heterocycles. The van der Waals surface area contributed by atoms with Crippen molar-refractivity contribution in [1.82, 2.24) is 4.90 Å². The number of ketones is 1. The molecular weight excluding hydrogens is 262 g/mol. The summed E-state index contributed by atoms with van der Waals surface area (Å²) in [6.45, 7) is 3.99. The quantitative estimate of drug-likeness (QED) is 0.769. The SMILES string of the molecule is CC(C)Oc1cccc(C(=O)C2(N(C)C)CCCCC2)c1. The van der Waals surface area contributed by atoms with Crippen molar-refractivity contribution in [2.75, 3.05) is 14.1 Å². The minimum Gasteiger partial charge on any atom is -0.491 e. The first kappa shape index (κ1) is 16.0. The molecule has 1 aromatic rings. The third kappa shape index (κ3) is 3.46. The summed E-state index contributed by atoms with van der Waals surface area (Å²) in [5.41, 5.74) is 0.429. The summed E-state index contributed by atoms with van der Waals surface area (Å²) in [6, 6.07) is 7.63. The van der Waals surface area contributed by atoms with E-state index in [-0.39, 0.29) is 17.4 Å². The molecule has 0 spiro atoms. The minimum atomic E-state index is -0.339. The van der Waals surface area contributed by atoms with Crippen molar-refractivity contribution in [2.45, 2.75) is 57.6 Å². The number of benzene rings is 1. The summed E-state index contributed by atoms with van der Waals surface area (Å²) in [6.07, 6.45) is 5.52. The van der Waals surface area contributed by atoms with E-state index in [1.807, 2.05) is 52.2 Å². The lowest BCUT2D eigenvalue weighted by Gasteiger charge is -2.41. The second-order valence-corrected chi connectivity index (χ2v) is 6.51. The molecule has 0 aliphatic heterocycles. The molecule has 0 atom stereocenters. The Hall–Kier alpha value is -1.35. The second-order valence-electron chi connectivity index (χ2n) is 6.51. The van der Waals surface area contributed by atoms with E-state index in [1.54, 1.807) is 0 Å². The van der Waals surface area contributed by atoms with Crippen LogP contribution in [0.3, 0.4) is 0 Å². The van der Waals surface area contributed by atoms with Crippen molar-refractivity contribution in [2.24, 2.45) is 0 Å². The topological polar surface area (TPSA) is 29.5 Å². The van der Waals surface area contributed by atoms with E-state index in [0.29, 0.717) is 0 Å². The number of ether oxygens (including phenoxy) is 1. The van der Waals surface area contributed by atoms with Crippen molar-refractivity contribution in [3.8, 4) is 5.75 Å². The Morgan fingerprint density at radius 1 is 1.19 bits per heavy atom. The van der Waals surface area contributed by atoms with Crippen LogP contribution in [0.5, 0.6) is 5.75 Å². The van der Waals surface area contributed by atoms with Crippen molar-refractivity contribution < 1.29 is 9.53 Å². The van der Waals surface area contributed by atoms with Crippen LogP contribution >= 0.6 is 0 Å². The number of hydrogen-bond acceptors (Lipinski definition) is 3. The molecule has 1 aliphatic carbocycles. The molecule has 2 rings (SSSR count). The summed E-state index contributed by atoms with van der Waals surface area (Å²) >= 11 is 0. The highest BCUT2D eigenvalue weighted by molar-refractivity contribution is 6.03. The molecule has 1 fully saturated rings. The van der Waals surface area contributed by atoms with Crippen molar-refractivity contribution >= 4 is 5.78 Å². The predicted octanol–water partition coefficient (Wildman–Crippen LogP) is 3.92. The van der Waals surface area contributed by atoms with Crippen LogP contribution in [0.2, 0.25) is 0 Å². The van der Waals surface area contributed by atoms with Gasteiger partial charge in [-0.3, -0.25) is 9.69 Å². The number of carbonyl (C=O) groups is 1. The minimum absolute atomic E-state index is 0.118. The molecule has 3 heteroatoms. The fourth-order valence-electron chi connectivity index (χ4n) is 3.27. The summed E-state index contributed by atoms with van der Waals surface area (Å²) in [4.78, 5) is 15.2. The average Bonchev–Trinajstić information content (AvgIpc) is 2.46. The van der Waals surface area contributed by atoms with Crippen LogP contribution in [0.1, 0.15) is 56.3 Å². The van der Waals surface area contributed by atoms with Gasteiger partial charge in [-0.15, -0.1) is 0 Å². The standard InChI is InChI=1S/C18H27NO2/c1-14(2)21-16-10-8-9-15(13-16)17(20)18(19(3)4)11-6-5-7-12-18/h8-10,13-14H,5-7,11-12H2,1-4H3. The maximum atomic E-state index is 13.1. The fourth-order valence-corrected chi connectivity index (χ4v) is 3.27. The lowest BCUT2D eigenvalue weighted by molar-refractivity contribution is 0.0563. The lowest BCUT2D eigenvalue weighted by Crippen LogP contribution is -2.52. The molecule has 0 bridgehead atoms. The van der Waals surface area contributed by atoms with E-state index >= 15 is 0 Å². The first-order valence-electron chi connectivity index (χ1n) is 7.95. The average molecular weight is 289 g/mol. The molecule has 0 amide bonds. The molecule has 1 saturated carbocycles. The summed E-state index contributed by atoms with van der Waals surface area (Å²) in [7, 11) is 4.05. The Morgan fingerprint density at radius 2 is 1.86 bits per heavy atom. The van der Waals surface area contributed by atoms with E-state index in [4.69, 9.17) is 4.74 Å². The smallest absolute Gasteiger partial charge is 0.183 e. The van der Waals surface area contributed by atoms with Gasteiger partial charge in [0.2, 0.25) is 0 Å². The van der Waals surface area contributed by atoms with Crippen LogP contribution < -0.4 is 4.74 Å². The van der Waals surface area contributed by atoms with Gasteiger partial charge in [0.15, 0.2) is 5.78 Å². The Bertz CT molecular complexity index is 488. The van der Waals surface area contributed by atoms with Gasteiger partial charge >= 0.3 is 0 Å². The van der Waals surface area contributed by atoms with Crippen LogP contribution in [0.15, 0.2) is 24.3 Å². The third-order valence-corrected chi connectivity index (χ3v) is 4.43. The van der Waals surface area contributed by atoms with E-state index in [1.165, 1.54) is 6.42 Å². The zero-order valence-electron chi connectivity index (χ0n) is 13.7. The van der Waals surface area contributed by atoms with Gasteiger partial charge in [0, 0.05) is 5.56 Å². The highest BCUT2D eigenvalue weighted by Crippen LogP contribution is 2.35. The molecule has 1 aromatic carbocycles. The van der Waals surface area contributed by atoms with Gasteiger partial charge in [0.25, 0.3) is 0 Å². The normalized spacial score (nSPS) is 18.0. The number of rotatable bonds is 5. The Labute approximate surface area is 128 Å². The van der Waals surface area contributed by atoms with Gasteiger partial charge in [-0.2, -0.15) is 0 Å². The number of nitrogens with zero attached hydrogens (tertiary/aromatic N) is 1. The Kier molecular flexibility index (Phi) is 5.04. The van der Waals surface area contributed by atoms with Gasteiger partial charge in [-0.25, -0.2) is 0 Å². The monoisotopic (exact) mass is 289 g/mol. The van der Waals surface area contributed by atoms with Crippen molar-refractivity contribution in [3.63, 3.8) is 0 Å². The zero-order chi connectivity index (χ0) is 15.5. The lowest BCUT2D eigenvalue weighted by atomic mass is 9.75. The summed E-state index contributed by atoms with van der Waals surface area (Å²) in [5, 5.41) is 0. The van der Waals surface area contributed by atoms with E-state index < -0.39 is 0 Å². The molecule has 3 nitrogen and oxygen atoms in total. The van der Waals surface area contributed by atoms with Crippen LogP contribution in [-0.2, 0) is 0 Å².